The van der Waals surface area contributed by atoms with E-state index >= 15 is 0 Å². The second-order valence-electron chi connectivity index (χ2n) is 7.81. The van der Waals surface area contributed by atoms with Crippen LogP contribution < -0.4 is 0 Å². The monoisotopic (exact) mass is 422 g/mol. The first-order chi connectivity index (χ1) is 14.5. The summed E-state index contributed by atoms with van der Waals surface area (Å²) in [5, 5.41) is 0. The van der Waals surface area contributed by atoms with Gasteiger partial charge in [0.05, 0.1) is 5.75 Å². The van der Waals surface area contributed by atoms with Gasteiger partial charge in [-0.25, -0.2) is 0 Å². The second-order valence-corrected chi connectivity index (χ2v) is 9.38. The van der Waals surface area contributed by atoms with E-state index in [1.807, 2.05) is 0 Å². The largest absolute Gasteiger partial charge is 0.286 e. The van der Waals surface area contributed by atoms with E-state index in [1.54, 1.807) is 0 Å². The summed E-state index contributed by atoms with van der Waals surface area (Å²) in [6, 6.07) is 32.1. The molecule has 1 N–H and O–H groups in total. The lowest BCUT2D eigenvalue weighted by atomic mass is 9.66. The van der Waals surface area contributed by atoms with Gasteiger partial charge < -0.3 is 0 Å². The molecule has 0 bridgehead atoms. The average molecular weight is 423 g/mol. The fraction of sp³-hybridized carbons (Fsp3) is 0.308. The molecular formula is C26H30O3S. The van der Waals surface area contributed by atoms with Crippen LogP contribution in [-0.4, -0.2) is 18.7 Å². The maximum atomic E-state index is 10.9. The summed E-state index contributed by atoms with van der Waals surface area (Å²) in [7, 11) is -3.85. The van der Waals surface area contributed by atoms with E-state index in [0.717, 1.165) is 32.1 Å². The Morgan fingerprint density at radius 1 is 0.567 bits per heavy atom. The molecule has 0 aliphatic carbocycles. The zero-order valence-electron chi connectivity index (χ0n) is 17.3. The zero-order valence-corrected chi connectivity index (χ0v) is 18.1. The lowest BCUT2D eigenvalue weighted by molar-refractivity contribution is 0.476. The van der Waals surface area contributed by atoms with Gasteiger partial charge >= 0.3 is 0 Å². The Bertz CT molecular complexity index is 888. The van der Waals surface area contributed by atoms with Gasteiger partial charge in [0.15, 0.2) is 0 Å². The first-order valence-electron chi connectivity index (χ1n) is 10.6. The predicted octanol–water partition coefficient (Wildman–Crippen LogP) is 6.25. The summed E-state index contributed by atoms with van der Waals surface area (Å²) in [5.41, 5.74) is 3.63. The van der Waals surface area contributed by atoms with Crippen molar-refractivity contribution in [2.45, 2.75) is 43.9 Å². The van der Waals surface area contributed by atoms with Crippen LogP contribution in [-0.2, 0) is 15.5 Å². The number of unbranched alkanes of at least 4 members (excludes halogenated alkanes) is 4. The first kappa shape index (κ1) is 22.3. The van der Waals surface area contributed by atoms with Gasteiger partial charge in [0.1, 0.15) is 0 Å². The van der Waals surface area contributed by atoms with Crippen molar-refractivity contribution in [3.8, 4) is 0 Å². The van der Waals surface area contributed by atoms with E-state index < -0.39 is 10.1 Å². The molecule has 0 fully saturated rings. The van der Waals surface area contributed by atoms with E-state index in [4.69, 9.17) is 4.55 Å². The van der Waals surface area contributed by atoms with Crippen LogP contribution in [0.15, 0.2) is 91.0 Å². The first-order valence-corrected chi connectivity index (χ1v) is 12.2. The van der Waals surface area contributed by atoms with Gasteiger partial charge in [-0.1, -0.05) is 117 Å². The van der Waals surface area contributed by atoms with Gasteiger partial charge in [-0.05, 0) is 29.5 Å². The summed E-state index contributed by atoms with van der Waals surface area (Å²) >= 11 is 0. The minimum absolute atomic E-state index is 0.144. The summed E-state index contributed by atoms with van der Waals surface area (Å²) in [5.74, 6) is -0.144. The molecule has 3 rings (SSSR count). The number of hydrogen-bond donors (Lipinski definition) is 1. The Hall–Kier alpha value is -2.43. The molecule has 0 radical (unpaired) electrons. The van der Waals surface area contributed by atoms with Crippen LogP contribution in [0.1, 0.15) is 55.2 Å². The van der Waals surface area contributed by atoms with Crippen LogP contribution in [0, 0.1) is 0 Å². The molecule has 0 saturated carbocycles. The highest BCUT2D eigenvalue weighted by molar-refractivity contribution is 7.85. The lowest BCUT2D eigenvalue weighted by Gasteiger charge is -2.36. The number of rotatable bonds is 11. The van der Waals surface area contributed by atoms with Crippen molar-refractivity contribution >= 4 is 10.1 Å². The summed E-state index contributed by atoms with van der Waals surface area (Å²) < 4.78 is 30.6. The van der Waals surface area contributed by atoms with Gasteiger partial charge in [0, 0.05) is 5.41 Å². The fourth-order valence-corrected chi connectivity index (χ4v) is 4.87. The predicted molar refractivity (Wildman–Crippen MR) is 123 cm³/mol. The van der Waals surface area contributed by atoms with Crippen molar-refractivity contribution < 1.29 is 13.0 Å². The van der Waals surface area contributed by atoms with Crippen molar-refractivity contribution in [3.05, 3.63) is 108 Å². The molecule has 158 valence electrons. The van der Waals surface area contributed by atoms with Gasteiger partial charge in [0.2, 0.25) is 0 Å². The molecule has 3 aromatic carbocycles. The van der Waals surface area contributed by atoms with Crippen molar-refractivity contribution in [1.82, 2.24) is 0 Å². The topological polar surface area (TPSA) is 54.4 Å². The van der Waals surface area contributed by atoms with Crippen molar-refractivity contribution in [1.29, 1.82) is 0 Å². The smallest absolute Gasteiger partial charge is 0.264 e. The highest BCUT2D eigenvalue weighted by Crippen LogP contribution is 2.43. The van der Waals surface area contributed by atoms with Crippen molar-refractivity contribution in [3.63, 3.8) is 0 Å². The highest BCUT2D eigenvalue weighted by atomic mass is 32.2. The highest BCUT2D eigenvalue weighted by Gasteiger charge is 2.35. The van der Waals surface area contributed by atoms with E-state index in [-0.39, 0.29) is 11.2 Å². The van der Waals surface area contributed by atoms with E-state index in [1.165, 1.54) is 16.7 Å². The standard InChI is InChI=1S/C26H30O3S/c27-30(28,29)22-14-3-1-2-13-21-26(23-15-7-4-8-16-23,24-17-9-5-10-18-24)25-19-11-6-12-20-25/h4-12,15-20H,1-3,13-14,21-22H2,(H,27,28,29). The van der Waals surface area contributed by atoms with Crippen LogP contribution >= 0.6 is 0 Å². The van der Waals surface area contributed by atoms with Gasteiger partial charge in [-0.2, -0.15) is 8.42 Å². The van der Waals surface area contributed by atoms with Gasteiger partial charge in [-0.15, -0.1) is 0 Å². The second kappa shape index (κ2) is 10.6. The average Bonchev–Trinajstić information content (AvgIpc) is 2.77. The normalized spacial score (nSPS) is 12.0. The van der Waals surface area contributed by atoms with Crippen LogP contribution in [0.25, 0.3) is 0 Å². The minimum atomic E-state index is -3.85. The summed E-state index contributed by atoms with van der Waals surface area (Å²) in [6.07, 6.45) is 5.33. The van der Waals surface area contributed by atoms with E-state index in [0.29, 0.717) is 6.42 Å². The Balaban J connectivity index is 1.83. The lowest BCUT2D eigenvalue weighted by Crippen LogP contribution is -2.29. The SMILES string of the molecule is O=S(=O)(O)CCCCCCCC(c1ccccc1)(c1ccccc1)c1ccccc1. The minimum Gasteiger partial charge on any atom is -0.286 e. The summed E-state index contributed by atoms with van der Waals surface area (Å²) in [6.45, 7) is 0. The molecule has 0 aliphatic rings. The molecule has 0 unspecified atom stereocenters. The van der Waals surface area contributed by atoms with Gasteiger partial charge in [0.25, 0.3) is 10.1 Å². The molecule has 0 aromatic heterocycles. The zero-order chi connectivity index (χ0) is 21.3. The van der Waals surface area contributed by atoms with Crippen LogP contribution in [0.2, 0.25) is 0 Å². The Morgan fingerprint density at radius 3 is 1.33 bits per heavy atom. The third-order valence-corrected chi connectivity index (χ3v) is 6.56. The van der Waals surface area contributed by atoms with E-state index in [9.17, 15) is 8.42 Å². The fourth-order valence-electron chi connectivity index (χ4n) is 4.31. The molecule has 0 saturated heterocycles. The maximum absolute atomic E-state index is 10.9. The van der Waals surface area contributed by atoms with Crippen LogP contribution in [0.4, 0.5) is 0 Å². The quantitative estimate of drug-likeness (QED) is 0.226. The van der Waals surface area contributed by atoms with Crippen LogP contribution in [0.5, 0.6) is 0 Å². The van der Waals surface area contributed by atoms with Crippen molar-refractivity contribution in [2.75, 3.05) is 5.75 Å². The van der Waals surface area contributed by atoms with Crippen molar-refractivity contribution in [2.24, 2.45) is 0 Å². The molecule has 3 nitrogen and oxygen atoms in total. The Kier molecular flexibility index (Phi) is 7.83. The molecule has 0 amide bonds. The molecular weight excluding hydrogens is 392 g/mol. The Labute approximate surface area is 180 Å². The van der Waals surface area contributed by atoms with Gasteiger partial charge in [-0.3, -0.25) is 4.55 Å². The summed E-state index contributed by atoms with van der Waals surface area (Å²) in [4.78, 5) is 0. The molecule has 0 atom stereocenters. The molecule has 4 heteroatoms. The Morgan fingerprint density at radius 2 is 0.933 bits per heavy atom. The molecule has 0 spiro atoms. The molecule has 3 aromatic rings. The number of hydrogen-bond acceptors (Lipinski definition) is 2. The molecule has 0 aliphatic heterocycles. The third kappa shape index (κ3) is 5.80. The maximum Gasteiger partial charge on any atom is 0.264 e. The molecule has 0 heterocycles. The number of benzene rings is 3. The third-order valence-electron chi connectivity index (χ3n) is 5.75. The molecule has 30 heavy (non-hydrogen) atoms. The van der Waals surface area contributed by atoms with E-state index in [2.05, 4.69) is 91.0 Å². The van der Waals surface area contributed by atoms with Crippen LogP contribution in [0.3, 0.4) is 0 Å².